The molecular formula is C8H11BrF3NO6. The number of nitrogens with one attached hydrogen (secondary N) is 1. The highest BCUT2D eigenvalue weighted by Crippen LogP contribution is 2.26. The van der Waals surface area contributed by atoms with Crippen molar-refractivity contribution in [3.05, 3.63) is 0 Å². The molecule has 11 heteroatoms. The molecule has 7 nitrogen and oxygen atoms in total. The third-order valence-corrected chi connectivity index (χ3v) is 3.11. The van der Waals surface area contributed by atoms with Crippen LogP contribution in [0, 0.1) is 0 Å². The first-order valence-corrected chi connectivity index (χ1v) is 5.89. The number of halogens is 4. The van der Waals surface area contributed by atoms with Gasteiger partial charge >= 0.3 is 12.1 Å². The summed E-state index contributed by atoms with van der Waals surface area (Å²) < 4.78 is 40.7. The molecule has 0 aromatic rings. The van der Waals surface area contributed by atoms with Gasteiger partial charge in [0.1, 0.15) is 29.4 Å². The molecule has 1 saturated heterocycles. The maximum Gasteiger partial charge on any atom is 0.473 e. The molecule has 1 heterocycles. The van der Waals surface area contributed by atoms with E-state index in [0.29, 0.717) is 0 Å². The first kappa shape index (κ1) is 16.6. The lowest BCUT2D eigenvalue weighted by molar-refractivity contribution is -0.241. The molecule has 0 radical (unpaired) electrons. The van der Waals surface area contributed by atoms with Gasteiger partial charge in [0.15, 0.2) is 0 Å². The second kappa shape index (κ2) is 6.33. The Morgan fingerprint density at radius 3 is 2.42 bits per heavy atom. The first-order chi connectivity index (χ1) is 8.68. The van der Waals surface area contributed by atoms with Crippen LogP contribution in [0.1, 0.15) is 0 Å². The fourth-order valence-corrected chi connectivity index (χ4v) is 1.94. The number of amides is 1. The predicted molar refractivity (Wildman–Crippen MR) is 55.8 cm³/mol. The number of ether oxygens (including phenoxy) is 1. The Labute approximate surface area is 113 Å². The lowest BCUT2D eigenvalue weighted by Crippen LogP contribution is -2.59. The molecule has 1 rings (SSSR count). The molecule has 0 aromatic carbocycles. The minimum atomic E-state index is -5.16. The summed E-state index contributed by atoms with van der Waals surface area (Å²) in [4.78, 5) is 14.9. The van der Waals surface area contributed by atoms with Gasteiger partial charge in [-0.1, -0.05) is 15.9 Å². The summed E-state index contributed by atoms with van der Waals surface area (Å²) in [6.45, 7) is -0.650. The van der Waals surface area contributed by atoms with Crippen LogP contribution in [0.25, 0.3) is 0 Å². The van der Waals surface area contributed by atoms with Gasteiger partial charge < -0.3 is 20.1 Å². The third kappa shape index (κ3) is 4.00. The van der Waals surface area contributed by atoms with Gasteiger partial charge in [0.2, 0.25) is 0 Å². The van der Waals surface area contributed by atoms with Crippen LogP contribution in [0.5, 0.6) is 0 Å². The van der Waals surface area contributed by atoms with Crippen LogP contribution < -0.4 is 5.48 Å². The van der Waals surface area contributed by atoms with Crippen molar-refractivity contribution < 1.29 is 42.9 Å². The number of hydroxylamine groups is 1. The van der Waals surface area contributed by atoms with Crippen molar-refractivity contribution in [2.75, 3.05) is 6.61 Å². The van der Waals surface area contributed by atoms with Crippen LogP contribution >= 0.6 is 15.9 Å². The highest BCUT2D eigenvalue weighted by molar-refractivity contribution is 9.09. The molecule has 1 aliphatic rings. The molecule has 1 fully saturated rings. The van der Waals surface area contributed by atoms with Crippen LogP contribution in [0.15, 0.2) is 0 Å². The highest BCUT2D eigenvalue weighted by Gasteiger charge is 2.46. The number of hydrogen-bond donors (Lipinski definition) is 4. The number of alkyl halides is 4. The molecule has 1 aliphatic heterocycles. The van der Waals surface area contributed by atoms with Gasteiger partial charge in [0.05, 0.1) is 6.61 Å². The van der Waals surface area contributed by atoms with Crippen molar-refractivity contribution in [1.82, 2.24) is 5.48 Å². The summed E-state index contributed by atoms with van der Waals surface area (Å²) in [5.74, 6) is -2.38. The largest absolute Gasteiger partial charge is 0.473 e. The average Bonchev–Trinajstić information content (AvgIpc) is 2.32. The highest BCUT2D eigenvalue weighted by atomic mass is 79.9. The van der Waals surface area contributed by atoms with Crippen LogP contribution in [-0.4, -0.2) is 63.4 Å². The number of rotatable bonds is 3. The minimum absolute atomic E-state index is 0.650. The smallest absolute Gasteiger partial charge is 0.394 e. The van der Waals surface area contributed by atoms with E-state index in [1.165, 1.54) is 0 Å². The molecule has 4 N–H and O–H groups in total. The molecule has 0 bridgehead atoms. The standard InChI is InChI=1S/C8H11BrF3NO6/c9-6-4(16)5(3(15)2(1-14)18-6)19-13-7(17)8(10,11)12/h2-6,14-16H,1H2,(H,13,17)/t2-,3-,4-,5+,6+/m1/s1. The SMILES string of the molecule is O=C(NO[C@@H]1[C@@H](O)[C@@H](Br)O[C@H](CO)[C@H]1O)C(F)(F)F. The predicted octanol–water partition coefficient (Wildman–Crippen LogP) is -1.20. The van der Waals surface area contributed by atoms with E-state index in [1.807, 2.05) is 0 Å². The Balaban J connectivity index is 2.66. The fourth-order valence-electron chi connectivity index (χ4n) is 1.36. The summed E-state index contributed by atoms with van der Waals surface area (Å²) >= 11 is 2.84. The van der Waals surface area contributed by atoms with Gasteiger partial charge in [-0.2, -0.15) is 13.2 Å². The van der Waals surface area contributed by atoms with Gasteiger partial charge in [0, 0.05) is 0 Å². The lowest BCUT2D eigenvalue weighted by Gasteiger charge is -2.39. The molecule has 0 saturated carbocycles. The van der Waals surface area contributed by atoms with Crippen molar-refractivity contribution in [3.8, 4) is 0 Å². The monoisotopic (exact) mass is 353 g/mol. The van der Waals surface area contributed by atoms with Crippen LogP contribution in [0.2, 0.25) is 0 Å². The fraction of sp³-hybridized carbons (Fsp3) is 0.875. The van der Waals surface area contributed by atoms with Crippen LogP contribution in [0.3, 0.4) is 0 Å². The summed E-state index contributed by atoms with van der Waals surface area (Å²) in [7, 11) is 0. The quantitative estimate of drug-likeness (QED) is 0.375. The molecule has 0 aromatic heterocycles. The zero-order chi connectivity index (χ0) is 14.8. The molecule has 19 heavy (non-hydrogen) atoms. The van der Waals surface area contributed by atoms with Gasteiger partial charge in [-0.3, -0.25) is 9.63 Å². The molecule has 0 unspecified atom stereocenters. The third-order valence-electron chi connectivity index (χ3n) is 2.35. The van der Waals surface area contributed by atoms with Crippen LogP contribution in [-0.2, 0) is 14.4 Å². The number of aliphatic hydroxyl groups excluding tert-OH is 3. The Bertz CT molecular complexity index is 330. The Morgan fingerprint density at radius 2 is 1.95 bits per heavy atom. The summed E-state index contributed by atoms with van der Waals surface area (Å²) in [5.41, 5.74) is 1.08. The van der Waals surface area contributed by atoms with Gasteiger partial charge in [-0.15, -0.1) is 0 Å². The summed E-state index contributed by atoms with van der Waals surface area (Å²) in [6, 6.07) is 0. The topological polar surface area (TPSA) is 108 Å². The molecule has 0 spiro atoms. The number of aliphatic hydroxyl groups is 3. The minimum Gasteiger partial charge on any atom is -0.394 e. The average molecular weight is 354 g/mol. The molecule has 0 aliphatic carbocycles. The Morgan fingerprint density at radius 1 is 1.37 bits per heavy atom. The van der Waals surface area contributed by atoms with Crippen molar-refractivity contribution in [2.24, 2.45) is 0 Å². The van der Waals surface area contributed by atoms with Crippen molar-refractivity contribution in [1.29, 1.82) is 0 Å². The second-order valence-electron chi connectivity index (χ2n) is 3.70. The lowest BCUT2D eigenvalue weighted by atomic mass is 10.0. The second-order valence-corrected chi connectivity index (χ2v) is 4.60. The zero-order valence-corrected chi connectivity index (χ0v) is 10.8. The van der Waals surface area contributed by atoms with E-state index in [9.17, 15) is 28.2 Å². The van der Waals surface area contributed by atoms with Crippen LogP contribution in [0.4, 0.5) is 13.2 Å². The van der Waals surface area contributed by atoms with E-state index in [1.54, 1.807) is 0 Å². The van der Waals surface area contributed by atoms with Gasteiger partial charge in [0.25, 0.3) is 0 Å². The summed E-state index contributed by atoms with van der Waals surface area (Å²) in [6.07, 6.45) is -11.1. The van der Waals surface area contributed by atoms with E-state index < -0.39 is 48.1 Å². The first-order valence-electron chi connectivity index (χ1n) is 4.97. The van der Waals surface area contributed by atoms with E-state index in [2.05, 4.69) is 20.8 Å². The van der Waals surface area contributed by atoms with E-state index >= 15 is 0 Å². The zero-order valence-electron chi connectivity index (χ0n) is 9.17. The van der Waals surface area contributed by atoms with E-state index in [0.717, 1.165) is 5.48 Å². The van der Waals surface area contributed by atoms with E-state index in [-0.39, 0.29) is 0 Å². The van der Waals surface area contributed by atoms with Gasteiger partial charge in [-0.25, -0.2) is 5.48 Å². The maximum atomic E-state index is 11.9. The number of carbonyl (C=O) groups is 1. The normalized spacial score (nSPS) is 36.1. The number of hydrogen-bond acceptors (Lipinski definition) is 6. The maximum absolute atomic E-state index is 11.9. The van der Waals surface area contributed by atoms with Crippen molar-refractivity contribution >= 4 is 21.8 Å². The Kier molecular flexibility index (Phi) is 5.53. The number of carbonyl (C=O) groups excluding carboxylic acids is 1. The summed E-state index contributed by atoms with van der Waals surface area (Å²) in [5, 5.41) is 27.0. The van der Waals surface area contributed by atoms with Gasteiger partial charge in [-0.05, 0) is 0 Å². The molecular weight excluding hydrogens is 343 g/mol. The Hall–Kier alpha value is -0.460. The molecule has 112 valence electrons. The molecule has 1 amide bonds. The van der Waals surface area contributed by atoms with Crippen molar-refractivity contribution in [3.63, 3.8) is 0 Å². The molecule has 5 atom stereocenters. The van der Waals surface area contributed by atoms with Crippen molar-refractivity contribution in [2.45, 2.75) is 35.6 Å². The van der Waals surface area contributed by atoms with E-state index in [4.69, 9.17) is 9.84 Å².